The number of phenols is 1. The van der Waals surface area contributed by atoms with Gasteiger partial charge in [-0.15, -0.1) is 10.2 Å². The smallest absolute Gasteiger partial charge is 0.296 e. The first kappa shape index (κ1) is 25.1. The molecule has 0 atom stereocenters. The van der Waals surface area contributed by atoms with Crippen LogP contribution in [0.4, 0.5) is 17.1 Å². The van der Waals surface area contributed by atoms with Crippen molar-refractivity contribution in [2.45, 2.75) is 11.8 Å². The molecule has 0 heterocycles. The fourth-order valence-corrected chi connectivity index (χ4v) is 4.40. The number of aryl methyl sites for hydroxylation is 1. The standard InChI is InChI=1S/C25H20ClN3O6S/c1-14-7-12-20(36(32,33)34)23(21(14)26)29-28-22-18-6-4-3-5-15(18)13-19(24(22)30)25(31)27-16-8-10-17(35-2)11-9-16/h3-13,30H,1-2H3,(H,27,31)(H,32,33,34). The molecule has 0 spiro atoms. The highest BCUT2D eigenvalue weighted by atomic mass is 35.5. The van der Waals surface area contributed by atoms with E-state index in [2.05, 4.69) is 15.5 Å². The second-order valence-corrected chi connectivity index (χ2v) is 9.51. The van der Waals surface area contributed by atoms with Gasteiger partial charge in [0, 0.05) is 11.1 Å². The predicted octanol–water partition coefficient (Wildman–Crippen LogP) is 6.43. The maximum Gasteiger partial charge on any atom is 0.296 e. The molecule has 0 bridgehead atoms. The molecule has 0 fully saturated rings. The normalized spacial score (nSPS) is 11.7. The van der Waals surface area contributed by atoms with E-state index in [1.54, 1.807) is 55.5 Å². The molecule has 3 N–H and O–H groups in total. The Morgan fingerprint density at radius 1 is 1.00 bits per heavy atom. The number of aromatic hydroxyl groups is 1. The molecule has 0 saturated heterocycles. The summed E-state index contributed by atoms with van der Waals surface area (Å²) in [6, 6.07) is 17.6. The van der Waals surface area contributed by atoms with Gasteiger partial charge in [0.15, 0.2) is 5.75 Å². The van der Waals surface area contributed by atoms with Gasteiger partial charge < -0.3 is 15.2 Å². The molecule has 0 aromatic heterocycles. The van der Waals surface area contributed by atoms with Crippen LogP contribution in [0.15, 0.2) is 81.9 Å². The number of carbonyl (C=O) groups is 1. The Bertz CT molecular complexity index is 1620. The number of azo groups is 1. The molecule has 1 amide bonds. The molecule has 11 heteroatoms. The molecule has 4 aromatic rings. The molecule has 0 radical (unpaired) electrons. The van der Waals surface area contributed by atoms with E-state index in [9.17, 15) is 22.9 Å². The number of fused-ring (bicyclic) bond motifs is 1. The van der Waals surface area contributed by atoms with Gasteiger partial charge in [-0.25, -0.2) is 0 Å². The van der Waals surface area contributed by atoms with Crippen LogP contribution in [0.25, 0.3) is 10.8 Å². The van der Waals surface area contributed by atoms with E-state index >= 15 is 0 Å². The van der Waals surface area contributed by atoms with Crippen LogP contribution in [0.2, 0.25) is 5.02 Å². The van der Waals surface area contributed by atoms with Gasteiger partial charge in [-0.05, 0) is 54.3 Å². The van der Waals surface area contributed by atoms with Crippen LogP contribution in [0, 0.1) is 6.92 Å². The number of nitrogens with zero attached hydrogens (tertiary/aromatic N) is 2. The summed E-state index contributed by atoms with van der Waals surface area (Å²) in [5.74, 6) is -0.462. The topological polar surface area (TPSA) is 138 Å². The van der Waals surface area contributed by atoms with Crippen LogP contribution in [0.5, 0.6) is 11.5 Å². The molecule has 0 aliphatic heterocycles. The monoisotopic (exact) mass is 525 g/mol. The maximum absolute atomic E-state index is 13.0. The fraction of sp³-hybridized carbons (Fsp3) is 0.0800. The van der Waals surface area contributed by atoms with Crippen molar-refractivity contribution in [2.75, 3.05) is 12.4 Å². The summed E-state index contributed by atoms with van der Waals surface area (Å²) >= 11 is 6.26. The van der Waals surface area contributed by atoms with Crippen molar-refractivity contribution in [3.63, 3.8) is 0 Å². The van der Waals surface area contributed by atoms with Crippen molar-refractivity contribution >= 4 is 55.5 Å². The minimum atomic E-state index is -4.66. The van der Waals surface area contributed by atoms with Crippen LogP contribution >= 0.6 is 11.6 Å². The van der Waals surface area contributed by atoms with Crippen molar-refractivity contribution in [2.24, 2.45) is 10.2 Å². The van der Waals surface area contributed by atoms with Crippen LogP contribution < -0.4 is 10.1 Å². The van der Waals surface area contributed by atoms with Gasteiger partial charge in [0.2, 0.25) is 0 Å². The zero-order valence-electron chi connectivity index (χ0n) is 19.1. The number of hydrogen-bond acceptors (Lipinski definition) is 7. The van der Waals surface area contributed by atoms with Gasteiger partial charge in [-0.2, -0.15) is 8.42 Å². The third-order valence-electron chi connectivity index (χ3n) is 5.39. The van der Waals surface area contributed by atoms with E-state index < -0.39 is 26.7 Å². The summed E-state index contributed by atoms with van der Waals surface area (Å²) in [5, 5.41) is 22.7. The van der Waals surface area contributed by atoms with Gasteiger partial charge in [-0.3, -0.25) is 9.35 Å². The Hall–Kier alpha value is -3.99. The van der Waals surface area contributed by atoms with E-state index in [4.69, 9.17) is 16.3 Å². The van der Waals surface area contributed by atoms with Gasteiger partial charge in [0.1, 0.15) is 22.0 Å². The zero-order chi connectivity index (χ0) is 26.0. The number of hydrogen-bond donors (Lipinski definition) is 3. The number of halogens is 1. The summed E-state index contributed by atoms with van der Waals surface area (Å²) in [5.41, 5.74) is 0.520. The number of anilines is 1. The van der Waals surface area contributed by atoms with Gasteiger partial charge in [0.05, 0.1) is 17.7 Å². The number of carbonyl (C=O) groups excluding carboxylic acids is 1. The van der Waals surface area contributed by atoms with Crippen molar-refractivity contribution in [1.82, 2.24) is 0 Å². The van der Waals surface area contributed by atoms with Gasteiger partial charge in [-0.1, -0.05) is 41.9 Å². The number of benzene rings is 4. The summed E-state index contributed by atoms with van der Waals surface area (Å²) < 4.78 is 38.4. The summed E-state index contributed by atoms with van der Waals surface area (Å²) in [6.45, 7) is 1.63. The third kappa shape index (κ3) is 5.01. The highest BCUT2D eigenvalue weighted by Crippen LogP contribution is 2.42. The number of ether oxygens (including phenoxy) is 1. The Morgan fingerprint density at radius 3 is 2.33 bits per heavy atom. The zero-order valence-corrected chi connectivity index (χ0v) is 20.6. The number of phenolic OH excluding ortho intramolecular Hbond substituents is 1. The van der Waals surface area contributed by atoms with Gasteiger partial charge in [0.25, 0.3) is 16.0 Å². The van der Waals surface area contributed by atoms with Crippen LogP contribution in [-0.2, 0) is 10.1 Å². The summed E-state index contributed by atoms with van der Waals surface area (Å²) in [4.78, 5) is 12.5. The van der Waals surface area contributed by atoms with E-state index in [-0.39, 0.29) is 22.0 Å². The molecule has 9 nitrogen and oxygen atoms in total. The number of nitrogens with one attached hydrogen (secondary N) is 1. The maximum atomic E-state index is 13.0. The van der Waals surface area contributed by atoms with E-state index in [0.29, 0.717) is 27.8 Å². The average molecular weight is 526 g/mol. The van der Waals surface area contributed by atoms with Crippen molar-refractivity contribution in [3.8, 4) is 11.5 Å². The third-order valence-corrected chi connectivity index (χ3v) is 6.75. The van der Waals surface area contributed by atoms with E-state index in [0.717, 1.165) is 6.07 Å². The van der Waals surface area contributed by atoms with E-state index in [1.807, 2.05) is 0 Å². The Labute approximate surface area is 211 Å². The molecule has 0 aliphatic rings. The fourth-order valence-electron chi connectivity index (χ4n) is 3.51. The molecular formula is C25H20ClN3O6S. The number of amides is 1. The first-order valence-corrected chi connectivity index (χ1v) is 12.3. The lowest BCUT2D eigenvalue weighted by molar-refractivity contribution is 0.102. The van der Waals surface area contributed by atoms with Crippen LogP contribution in [0.3, 0.4) is 0 Å². The minimum Gasteiger partial charge on any atom is -0.505 e. The first-order valence-electron chi connectivity index (χ1n) is 10.5. The quantitative estimate of drug-likeness (QED) is 0.196. The molecule has 4 rings (SSSR count). The Kier molecular flexibility index (Phi) is 6.93. The second-order valence-electron chi connectivity index (χ2n) is 7.74. The molecule has 4 aromatic carbocycles. The van der Waals surface area contributed by atoms with Crippen LogP contribution in [0.1, 0.15) is 15.9 Å². The summed E-state index contributed by atoms with van der Waals surface area (Å²) in [6.07, 6.45) is 0. The molecular weight excluding hydrogens is 506 g/mol. The Morgan fingerprint density at radius 2 is 1.67 bits per heavy atom. The number of methoxy groups -OCH3 is 1. The largest absolute Gasteiger partial charge is 0.505 e. The molecule has 36 heavy (non-hydrogen) atoms. The SMILES string of the molecule is COc1ccc(NC(=O)c2cc3ccccc3c(N=Nc3c(S(=O)(=O)O)ccc(C)c3Cl)c2O)cc1. The van der Waals surface area contributed by atoms with Crippen molar-refractivity contribution in [1.29, 1.82) is 0 Å². The summed E-state index contributed by atoms with van der Waals surface area (Å²) in [7, 11) is -3.14. The lowest BCUT2D eigenvalue weighted by Gasteiger charge is -2.12. The Balaban J connectivity index is 1.83. The van der Waals surface area contributed by atoms with Gasteiger partial charge >= 0.3 is 0 Å². The molecule has 0 aliphatic carbocycles. The predicted molar refractivity (Wildman–Crippen MR) is 137 cm³/mol. The van der Waals surface area contributed by atoms with Crippen molar-refractivity contribution < 1.29 is 27.6 Å². The molecule has 0 saturated carbocycles. The van der Waals surface area contributed by atoms with Crippen LogP contribution in [-0.4, -0.2) is 31.1 Å². The average Bonchev–Trinajstić information content (AvgIpc) is 2.85. The van der Waals surface area contributed by atoms with Crippen molar-refractivity contribution in [3.05, 3.63) is 82.9 Å². The minimum absolute atomic E-state index is 0.0360. The highest BCUT2D eigenvalue weighted by molar-refractivity contribution is 7.86. The van der Waals surface area contributed by atoms with E-state index in [1.165, 1.54) is 19.2 Å². The second kappa shape index (κ2) is 9.94. The molecule has 184 valence electrons. The number of rotatable bonds is 6. The molecule has 0 unspecified atom stereocenters. The highest BCUT2D eigenvalue weighted by Gasteiger charge is 2.22. The lowest BCUT2D eigenvalue weighted by Crippen LogP contribution is -2.12. The lowest BCUT2D eigenvalue weighted by atomic mass is 10.0. The first-order chi connectivity index (χ1) is 17.1.